The van der Waals surface area contributed by atoms with E-state index in [1.165, 1.54) is 10.5 Å². The molecule has 0 saturated carbocycles. The van der Waals surface area contributed by atoms with Gasteiger partial charge in [-0.2, -0.15) is 0 Å². The van der Waals surface area contributed by atoms with Crippen molar-refractivity contribution >= 4 is 39.7 Å². The summed E-state index contributed by atoms with van der Waals surface area (Å²) in [6.07, 6.45) is 3.66. The summed E-state index contributed by atoms with van der Waals surface area (Å²) < 4.78 is 47.5. The van der Waals surface area contributed by atoms with Crippen LogP contribution in [-0.2, 0) is 20.1 Å². The topological polar surface area (TPSA) is 51.8 Å². The molecule has 54 heavy (non-hydrogen) atoms. The van der Waals surface area contributed by atoms with Gasteiger partial charge in [-0.15, -0.1) is 18.2 Å². The maximum atomic E-state index is 9.22. The number of nitrogens with zero attached hydrogens (tertiary/aromatic N) is 3. The molecule has 1 radical (unpaired) electrons. The van der Waals surface area contributed by atoms with Crippen molar-refractivity contribution in [3.63, 3.8) is 0 Å². The average Bonchev–Trinajstić information content (AvgIpc) is 3.59. The number of fused-ring (bicyclic) bond motifs is 3. The molecule has 4 aromatic heterocycles. The molecule has 6 heteroatoms. The number of hydrogen-bond donors (Lipinski definition) is 0. The molecule has 273 valence electrons. The smallest absolute Gasteiger partial charge is 0 e. The molecule has 1 atom stereocenters. The number of furan rings is 1. The average molecular weight is 950 g/mol. The molecular formula is C48H45GeIrN3O-2. The second-order valence-corrected chi connectivity index (χ2v) is 25.0. The molecule has 8 rings (SSSR count). The van der Waals surface area contributed by atoms with Crippen LogP contribution in [0.3, 0.4) is 0 Å². The van der Waals surface area contributed by atoms with Crippen molar-refractivity contribution in [1.82, 2.24) is 15.0 Å². The first-order chi connectivity index (χ1) is 27.4. The largest absolute Gasteiger partial charge is 0 e. The van der Waals surface area contributed by atoms with Gasteiger partial charge in [0.25, 0.3) is 0 Å². The summed E-state index contributed by atoms with van der Waals surface area (Å²) >= 11 is -2.30. The first-order valence-corrected chi connectivity index (χ1v) is 25.1. The summed E-state index contributed by atoms with van der Waals surface area (Å²) in [4.78, 5) is 13.9. The van der Waals surface area contributed by atoms with Crippen molar-refractivity contribution < 1.29 is 31.4 Å². The summed E-state index contributed by atoms with van der Waals surface area (Å²) in [5.74, 6) is 5.30. The van der Waals surface area contributed by atoms with Crippen LogP contribution in [0.5, 0.6) is 0 Å². The van der Waals surface area contributed by atoms with Crippen molar-refractivity contribution in [2.75, 3.05) is 0 Å². The number of hydrogen-bond acceptors (Lipinski definition) is 4. The van der Waals surface area contributed by atoms with Crippen molar-refractivity contribution in [3.05, 3.63) is 168 Å². The van der Waals surface area contributed by atoms with Crippen LogP contribution in [0.25, 0.3) is 55.8 Å². The van der Waals surface area contributed by atoms with Gasteiger partial charge in [0.15, 0.2) is 0 Å². The molecule has 4 aromatic carbocycles. The standard InChI is InChI=1S/C25H19N2O.C23H26GeN.Ir/c1-16(2)18-13-14-26-23(15-18)21-10-6-9-19-20-11-12-22(17-7-4-3-5-8-17)27-25(20)28-24(19)21;1-17-11-13-20(14-12-17)23-15-21(22(16-25-23)24(3,4)5)18(2)19-9-7-6-8-10-19;/h3-9,11-16H,1-2H3;6-13,15-16,18H,1-5H3;/q2*-1;/i16D;1D3,18D;. The van der Waals surface area contributed by atoms with E-state index in [2.05, 4.69) is 45.4 Å². The quantitative estimate of drug-likeness (QED) is 0.118. The van der Waals surface area contributed by atoms with E-state index >= 15 is 0 Å². The molecule has 1 unspecified atom stereocenters. The molecule has 8 aromatic rings. The minimum Gasteiger partial charge on any atom is 0 e. The zero-order valence-corrected chi connectivity index (χ0v) is 35.8. The Labute approximate surface area is 342 Å². The van der Waals surface area contributed by atoms with Gasteiger partial charge in [-0.1, -0.05) is 66.8 Å². The normalized spacial score (nSPS) is 14.3. The molecular weight excluding hydrogens is 899 g/mol. The molecule has 0 N–H and O–H groups in total. The molecule has 0 saturated heterocycles. The number of aryl methyl sites for hydroxylation is 1. The molecule has 4 heterocycles. The Hall–Kier alpha value is -4.68. The van der Waals surface area contributed by atoms with E-state index in [9.17, 15) is 1.37 Å². The van der Waals surface area contributed by atoms with Crippen LogP contribution in [-0.4, -0.2) is 28.2 Å². The van der Waals surface area contributed by atoms with Gasteiger partial charge in [-0.25, -0.2) is 4.98 Å². The molecule has 0 bridgehead atoms. The van der Waals surface area contributed by atoms with Gasteiger partial charge in [0, 0.05) is 38.6 Å². The maximum absolute atomic E-state index is 9.22. The molecule has 0 aliphatic heterocycles. The monoisotopic (exact) mass is 951 g/mol. The van der Waals surface area contributed by atoms with E-state index in [4.69, 9.17) is 14.9 Å². The van der Waals surface area contributed by atoms with Crippen molar-refractivity contribution in [2.24, 2.45) is 0 Å². The van der Waals surface area contributed by atoms with Gasteiger partial charge in [-0.3, -0.25) is 0 Å². The summed E-state index contributed by atoms with van der Waals surface area (Å²) in [6.45, 7) is 3.52. The minimum absolute atomic E-state index is 0. The fourth-order valence-electron chi connectivity index (χ4n) is 6.40. The van der Waals surface area contributed by atoms with Crippen LogP contribution in [0.15, 0.2) is 138 Å². The second kappa shape index (κ2) is 16.8. The minimum atomic E-state index is -2.30. The first kappa shape index (κ1) is 32.7. The van der Waals surface area contributed by atoms with Crippen molar-refractivity contribution in [1.29, 1.82) is 0 Å². The van der Waals surface area contributed by atoms with E-state index in [1.54, 1.807) is 18.3 Å². The Morgan fingerprint density at radius 1 is 0.741 bits per heavy atom. The molecule has 0 fully saturated rings. The fourth-order valence-corrected chi connectivity index (χ4v) is 9.59. The van der Waals surface area contributed by atoms with E-state index in [1.807, 2.05) is 124 Å². The van der Waals surface area contributed by atoms with Crippen LogP contribution >= 0.6 is 0 Å². The second-order valence-electron chi connectivity index (χ2n) is 14.4. The number of aromatic nitrogens is 3. The summed E-state index contributed by atoms with van der Waals surface area (Å²) in [6, 6.07) is 44.9. The van der Waals surface area contributed by atoms with Crippen LogP contribution in [0.2, 0.25) is 17.3 Å². The van der Waals surface area contributed by atoms with Gasteiger partial charge in [0.1, 0.15) is 0 Å². The third-order valence-electron chi connectivity index (χ3n) is 9.37. The number of rotatable bonds is 7. The first-order valence-electron chi connectivity index (χ1n) is 20.3. The predicted octanol–water partition coefficient (Wildman–Crippen LogP) is 12.2. The summed E-state index contributed by atoms with van der Waals surface area (Å²) in [7, 11) is 0. The third kappa shape index (κ3) is 8.50. The summed E-state index contributed by atoms with van der Waals surface area (Å²) in [5.41, 5.74) is 9.27. The van der Waals surface area contributed by atoms with Crippen LogP contribution in [0.4, 0.5) is 0 Å². The zero-order chi connectivity index (χ0) is 41.5. The van der Waals surface area contributed by atoms with E-state index in [0.717, 1.165) is 55.5 Å². The van der Waals surface area contributed by atoms with Crippen molar-refractivity contribution in [3.8, 4) is 33.8 Å². The van der Waals surface area contributed by atoms with Gasteiger partial charge >= 0.3 is 160 Å². The van der Waals surface area contributed by atoms with E-state index < -0.39 is 31.9 Å². The van der Waals surface area contributed by atoms with Gasteiger partial charge < -0.3 is 9.40 Å². The van der Waals surface area contributed by atoms with Gasteiger partial charge in [-0.05, 0) is 29.8 Å². The van der Waals surface area contributed by atoms with Crippen LogP contribution in [0.1, 0.15) is 61.7 Å². The molecule has 0 spiro atoms. The third-order valence-corrected chi connectivity index (χ3v) is 13.6. The van der Waals surface area contributed by atoms with Crippen LogP contribution in [0, 0.1) is 19.0 Å². The predicted molar refractivity (Wildman–Crippen MR) is 223 cm³/mol. The molecule has 4 nitrogen and oxygen atoms in total. The Bertz CT molecular complexity index is 2710. The molecule has 0 aliphatic rings. The van der Waals surface area contributed by atoms with Gasteiger partial charge in [0.2, 0.25) is 5.71 Å². The zero-order valence-electron chi connectivity index (χ0n) is 36.3. The van der Waals surface area contributed by atoms with Crippen LogP contribution < -0.4 is 4.40 Å². The molecule has 0 amide bonds. The Morgan fingerprint density at radius 2 is 1.50 bits per heavy atom. The number of pyridine rings is 3. The Morgan fingerprint density at radius 3 is 2.19 bits per heavy atom. The Kier molecular flexibility index (Phi) is 10.2. The van der Waals surface area contributed by atoms with E-state index in [0.29, 0.717) is 17.0 Å². The SMILES string of the molecule is [2H]C(C)(C)c1ccnc(-c2[c-]ccc3c2oc2nc(-c4ccccc4)ccc23)c1.[2H]C([2H])([2H])c1c[c-]c(-c2cc(C([2H])(C)c3ccccc3)[c]([Ge]([CH3])([CH3])[CH3])cn2)cc1.[Ir]. The number of benzene rings is 4. The molecule has 0 aliphatic carbocycles. The van der Waals surface area contributed by atoms with Gasteiger partial charge in [0.05, 0.1) is 11.3 Å². The fraction of sp³-hybridized carbons (Fsp3) is 0.188. The maximum Gasteiger partial charge on any atom is 0 e. The Balaban J connectivity index is 0.000000195. The van der Waals surface area contributed by atoms with Crippen molar-refractivity contribution in [2.45, 2.75) is 56.7 Å². The summed E-state index contributed by atoms with van der Waals surface area (Å²) in [5, 5.41) is 1.95. The van der Waals surface area contributed by atoms with E-state index in [-0.39, 0.29) is 25.7 Å².